The van der Waals surface area contributed by atoms with Gasteiger partial charge in [-0.3, -0.25) is 0 Å². The molecule has 0 aliphatic rings. The third-order valence-electron chi connectivity index (χ3n) is 2.45. The number of hydrogen-bond acceptors (Lipinski definition) is 4. The van der Waals surface area contributed by atoms with Crippen molar-refractivity contribution >= 4 is 8.80 Å². The monoisotopic (exact) mass is 217 g/mol. The van der Waals surface area contributed by atoms with Crippen LogP contribution in [0, 0.1) is 11.3 Å². The molecule has 0 N–H and O–H groups in total. The van der Waals surface area contributed by atoms with Crippen LogP contribution in [0.5, 0.6) is 0 Å². The number of nitriles is 1. The van der Waals surface area contributed by atoms with Crippen molar-refractivity contribution in [2.75, 3.05) is 21.3 Å². The molecule has 0 radical (unpaired) electrons. The van der Waals surface area contributed by atoms with Crippen LogP contribution in [-0.2, 0) is 13.3 Å². The van der Waals surface area contributed by atoms with E-state index in [4.69, 9.17) is 18.5 Å². The van der Waals surface area contributed by atoms with Gasteiger partial charge in [-0.05, 0) is 12.8 Å². The molecule has 0 bridgehead atoms. The van der Waals surface area contributed by atoms with Crippen molar-refractivity contribution in [1.29, 1.82) is 5.26 Å². The highest BCUT2D eigenvalue weighted by molar-refractivity contribution is 6.62. The van der Waals surface area contributed by atoms with E-state index in [0.29, 0.717) is 6.42 Å². The van der Waals surface area contributed by atoms with Crippen molar-refractivity contribution in [1.82, 2.24) is 0 Å². The van der Waals surface area contributed by atoms with E-state index >= 15 is 0 Å². The average molecular weight is 217 g/mol. The van der Waals surface area contributed by atoms with E-state index in [1.807, 2.05) is 0 Å². The zero-order chi connectivity index (χ0) is 11.0. The highest BCUT2D eigenvalue weighted by atomic mass is 28.4. The summed E-state index contributed by atoms with van der Waals surface area (Å²) in [5.41, 5.74) is 0.210. The molecule has 0 aliphatic heterocycles. The van der Waals surface area contributed by atoms with E-state index in [2.05, 4.69) is 13.0 Å². The van der Waals surface area contributed by atoms with Gasteiger partial charge in [0.1, 0.15) is 0 Å². The van der Waals surface area contributed by atoms with Crippen molar-refractivity contribution < 1.29 is 13.3 Å². The Balaban J connectivity index is 4.49. The summed E-state index contributed by atoms with van der Waals surface area (Å²) < 4.78 is 16.1. The Morgan fingerprint density at radius 3 is 2.00 bits per heavy atom. The van der Waals surface area contributed by atoms with E-state index in [0.717, 1.165) is 12.8 Å². The Labute approximate surface area is 87.1 Å². The zero-order valence-corrected chi connectivity index (χ0v) is 10.4. The Bertz CT molecular complexity index is 181. The van der Waals surface area contributed by atoms with Gasteiger partial charge in [-0.1, -0.05) is 6.92 Å². The molecule has 0 heterocycles. The highest BCUT2D eigenvalue weighted by Crippen LogP contribution is 2.31. The van der Waals surface area contributed by atoms with Gasteiger partial charge in [-0.25, -0.2) is 0 Å². The van der Waals surface area contributed by atoms with Crippen LogP contribution in [0.4, 0.5) is 0 Å². The van der Waals surface area contributed by atoms with E-state index in [1.165, 1.54) is 0 Å². The van der Waals surface area contributed by atoms with Gasteiger partial charge in [-0.15, -0.1) is 0 Å². The largest absolute Gasteiger partial charge is 0.503 e. The van der Waals surface area contributed by atoms with Crippen LogP contribution < -0.4 is 0 Å². The molecule has 0 saturated carbocycles. The fourth-order valence-electron chi connectivity index (χ4n) is 1.62. The molecule has 4 nitrogen and oxygen atoms in total. The molecule has 5 heteroatoms. The summed E-state index contributed by atoms with van der Waals surface area (Å²) in [6, 6.07) is 2.13. The molecule has 1 atom stereocenters. The van der Waals surface area contributed by atoms with Gasteiger partial charge in [0, 0.05) is 33.3 Å². The number of hydrogen-bond donors (Lipinski definition) is 0. The van der Waals surface area contributed by atoms with E-state index in [1.54, 1.807) is 21.3 Å². The van der Waals surface area contributed by atoms with Gasteiger partial charge in [-0.2, -0.15) is 5.26 Å². The molecule has 0 saturated heterocycles. The van der Waals surface area contributed by atoms with Crippen LogP contribution in [0.2, 0.25) is 5.54 Å². The molecular weight excluding hydrogens is 198 g/mol. The lowest BCUT2D eigenvalue weighted by Crippen LogP contribution is -2.47. The highest BCUT2D eigenvalue weighted by Gasteiger charge is 2.45. The third kappa shape index (κ3) is 3.06. The lowest BCUT2D eigenvalue weighted by molar-refractivity contribution is 0.109. The Kier molecular flexibility index (Phi) is 6.75. The van der Waals surface area contributed by atoms with Crippen molar-refractivity contribution in [3.63, 3.8) is 0 Å². The molecule has 0 aromatic heterocycles. The van der Waals surface area contributed by atoms with E-state index in [-0.39, 0.29) is 5.54 Å². The summed E-state index contributed by atoms with van der Waals surface area (Å²) in [5.74, 6) is 0. The van der Waals surface area contributed by atoms with Crippen LogP contribution in [0.1, 0.15) is 26.2 Å². The maximum Gasteiger partial charge on any atom is 0.503 e. The summed E-state index contributed by atoms with van der Waals surface area (Å²) in [4.78, 5) is 0. The van der Waals surface area contributed by atoms with Crippen LogP contribution in [0.3, 0.4) is 0 Å². The van der Waals surface area contributed by atoms with Gasteiger partial charge in [0.15, 0.2) is 0 Å². The zero-order valence-electron chi connectivity index (χ0n) is 9.37. The molecule has 0 rings (SSSR count). The first-order chi connectivity index (χ1) is 6.70. The second-order valence-electron chi connectivity index (χ2n) is 3.02. The number of nitrogens with zero attached hydrogens (tertiary/aromatic N) is 1. The second-order valence-corrected chi connectivity index (χ2v) is 6.27. The molecule has 14 heavy (non-hydrogen) atoms. The predicted molar refractivity (Wildman–Crippen MR) is 55.7 cm³/mol. The average Bonchev–Trinajstić information content (AvgIpc) is 2.25. The summed E-state index contributed by atoms with van der Waals surface area (Å²) in [7, 11) is 2.28. The minimum Gasteiger partial charge on any atom is -0.377 e. The molecule has 0 aromatic rings. The lowest BCUT2D eigenvalue weighted by atomic mass is 10.2. The van der Waals surface area contributed by atoms with Crippen LogP contribution in [0.15, 0.2) is 0 Å². The van der Waals surface area contributed by atoms with Gasteiger partial charge in [0.25, 0.3) is 0 Å². The second kappa shape index (κ2) is 6.96. The molecule has 0 aromatic carbocycles. The fraction of sp³-hybridized carbons (Fsp3) is 0.889. The number of rotatable bonds is 7. The topological polar surface area (TPSA) is 51.5 Å². The van der Waals surface area contributed by atoms with Crippen LogP contribution in [0.25, 0.3) is 0 Å². The SMILES string of the molecule is CCC(CCC#N)[Si](OC)(OC)OC. The summed E-state index contributed by atoms with van der Waals surface area (Å²) in [6.45, 7) is 2.06. The fourth-order valence-corrected chi connectivity index (χ4v) is 4.12. The standard InChI is InChI=1S/C9H19NO3Si/c1-5-9(7-6-8-10)14(11-2,12-3)13-4/h9H,5-7H2,1-4H3. The van der Waals surface area contributed by atoms with Gasteiger partial charge in [0.05, 0.1) is 6.07 Å². The maximum absolute atomic E-state index is 8.54. The molecular formula is C9H19NO3Si. The van der Waals surface area contributed by atoms with Crippen LogP contribution >= 0.6 is 0 Å². The molecule has 0 aliphatic carbocycles. The summed E-state index contributed by atoms with van der Waals surface area (Å²) in [6.07, 6.45) is 2.20. The van der Waals surface area contributed by atoms with Gasteiger partial charge in [0.2, 0.25) is 0 Å². The minimum atomic E-state index is -2.54. The van der Waals surface area contributed by atoms with E-state index < -0.39 is 8.80 Å². The Hall–Kier alpha value is -0.413. The lowest BCUT2D eigenvalue weighted by Gasteiger charge is -2.31. The Morgan fingerprint density at radius 1 is 1.21 bits per heavy atom. The smallest absolute Gasteiger partial charge is 0.377 e. The predicted octanol–water partition coefficient (Wildman–Crippen LogP) is 1.95. The summed E-state index contributed by atoms with van der Waals surface area (Å²) >= 11 is 0. The molecule has 0 spiro atoms. The minimum absolute atomic E-state index is 0.210. The summed E-state index contributed by atoms with van der Waals surface area (Å²) in [5, 5.41) is 8.54. The van der Waals surface area contributed by atoms with Crippen molar-refractivity contribution in [2.45, 2.75) is 31.7 Å². The van der Waals surface area contributed by atoms with E-state index in [9.17, 15) is 0 Å². The van der Waals surface area contributed by atoms with Crippen molar-refractivity contribution in [3.05, 3.63) is 0 Å². The van der Waals surface area contributed by atoms with Crippen molar-refractivity contribution in [3.8, 4) is 6.07 Å². The molecule has 82 valence electrons. The van der Waals surface area contributed by atoms with Gasteiger partial charge >= 0.3 is 8.80 Å². The van der Waals surface area contributed by atoms with Crippen LogP contribution in [-0.4, -0.2) is 30.1 Å². The normalized spacial score (nSPS) is 13.6. The molecule has 1 unspecified atom stereocenters. The Morgan fingerprint density at radius 2 is 1.71 bits per heavy atom. The molecule has 0 amide bonds. The molecule has 0 fully saturated rings. The van der Waals surface area contributed by atoms with Crippen molar-refractivity contribution in [2.24, 2.45) is 0 Å². The maximum atomic E-state index is 8.54. The first-order valence-corrected chi connectivity index (χ1v) is 6.53. The first kappa shape index (κ1) is 13.6. The first-order valence-electron chi connectivity index (χ1n) is 4.73. The quantitative estimate of drug-likeness (QED) is 0.612. The third-order valence-corrected chi connectivity index (χ3v) is 5.85. The van der Waals surface area contributed by atoms with Gasteiger partial charge < -0.3 is 13.3 Å².